The van der Waals surface area contributed by atoms with E-state index in [0.717, 1.165) is 57.8 Å². The number of aromatic nitrogens is 2. The second-order valence-electron chi connectivity index (χ2n) is 7.41. The molecule has 0 aromatic carbocycles. The number of aromatic hydroxyl groups is 1. The second kappa shape index (κ2) is 9.01. The van der Waals surface area contributed by atoms with Crippen LogP contribution in [0.2, 0.25) is 0 Å². The summed E-state index contributed by atoms with van der Waals surface area (Å²) < 4.78 is 1.36. The highest BCUT2D eigenvalue weighted by atomic mass is 16.3. The summed E-state index contributed by atoms with van der Waals surface area (Å²) in [5, 5.41) is 10.6. The number of rotatable bonds is 5. The van der Waals surface area contributed by atoms with Gasteiger partial charge in [-0.25, -0.2) is 4.79 Å². The molecule has 1 heterocycles. The normalized spacial score (nSPS) is 19.5. The number of hydrogen-bond acceptors (Lipinski definition) is 4. The molecule has 2 aliphatic carbocycles. The van der Waals surface area contributed by atoms with Gasteiger partial charge in [0.05, 0.1) is 0 Å². The Morgan fingerprint density at radius 1 is 1.15 bits per heavy atom. The van der Waals surface area contributed by atoms with Crippen molar-refractivity contribution in [1.82, 2.24) is 9.55 Å². The molecule has 0 atom stereocenters. The lowest BCUT2D eigenvalue weighted by molar-refractivity contribution is 0.339. The first kappa shape index (κ1) is 18.7. The van der Waals surface area contributed by atoms with Gasteiger partial charge in [0, 0.05) is 18.8 Å². The molecule has 1 aromatic heterocycles. The van der Waals surface area contributed by atoms with E-state index in [9.17, 15) is 14.7 Å². The average molecular weight is 359 g/mol. The summed E-state index contributed by atoms with van der Waals surface area (Å²) in [4.78, 5) is 31.1. The Morgan fingerprint density at radius 3 is 2.62 bits per heavy atom. The third-order valence-corrected chi connectivity index (χ3v) is 5.51. The number of aliphatic imine (C=N–C) groups is 1. The van der Waals surface area contributed by atoms with Crippen LogP contribution in [0.4, 0.5) is 0 Å². The van der Waals surface area contributed by atoms with Crippen molar-refractivity contribution < 1.29 is 5.11 Å². The van der Waals surface area contributed by atoms with E-state index < -0.39 is 11.2 Å². The Labute approximate surface area is 153 Å². The molecule has 1 aromatic rings. The minimum atomic E-state index is -0.571. The SMILES string of the molecule is O=c1[nH]c(=O)n(C2CCCCCC2)c(O)c1C=NCCC1=CCCCC1. The lowest BCUT2D eigenvalue weighted by Crippen LogP contribution is -2.34. The minimum absolute atomic E-state index is 0.0543. The van der Waals surface area contributed by atoms with Crippen LogP contribution in [0.25, 0.3) is 0 Å². The number of hydrogen-bond donors (Lipinski definition) is 2. The van der Waals surface area contributed by atoms with Crippen molar-refractivity contribution in [3.63, 3.8) is 0 Å². The number of aromatic amines is 1. The van der Waals surface area contributed by atoms with Gasteiger partial charge in [-0.15, -0.1) is 0 Å². The van der Waals surface area contributed by atoms with E-state index in [0.29, 0.717) is 6.54 Å². The minimum Gasteiger partial charge on any atom is -0.494 e. The Balaban J connectivity index is 1.77. The van der Waals surface area contributed by atoms with Crippen LogP contribution < -0.4 is 11.2 Å². The monoisotopic (exact) mass is 359 g/mol. The molecule has 0 spiro atoms. The lowest BCUT2D eigenvalue weighted by Gasteiger charge is -2.19. The molecular formula is C20H29N3O3. The van der Waals surface area contributed by atoms with Crippen LogP contribution in [0.15, 0.2) is 26.2 Å². The van der Waals surface area contributed by atoms with E-state index in [1.807, 2.05) is 0 Å². The average Bonchev–Trinajstić information content (AvgIpc) is 2.91. The van der Waals surface area contributed by atoms with E-state index in [4.69, 9.17) is 0 Å². The third kappa shape index (κ3) is 4.54. The van der Waals surface area contributed by atoms with Crippen molar-refractivity contribution >= 4 is 6.21 Å². The molecule has 1 saturated carbocycles. The predicted molar refractivity (Wildman–Crippen MR) is 103 cm³/mol. The van der Waals surface area contributed by atoms with Crippen LogP contribution in [-0.4, -0.2) is 27.4 Å². The van der Waals surface area contributed by atoms with Crippen LogP contribution in [0.5, 0.6) is 5.88 Å². The summed E-state index contributed by atoms with van der Waals surface area (Å²) in [5.41, 5.74) is 0.420. The van der Waals surface area contributed by atoms with Gasteiger partial charge in [0.25, 0.3) is 5.56 Å². The quantitative estimate of drug-likeness (QED) is 0.479. The summed E-state index contributed by atoms with van der Waals surface area (Å²) in [6, 6.07) is -0.0543. The van der Waals surface area contributed by atoms with Crippen LogP contribution >= 0.6 is 0 Å². The van der Waals surface area contributed by atoms with Gasteiger partial charge in [0.1, 0.15) is 5.56 Å². The first-order valence-electron chi connectivity index (χ1n) is 9.92. The predicted octanol–water partition coefficient (Wildman–Crippen LogP) is 3.45. The fourth-order valence-electron chi connectivity index (χ4n) is 4.02. The Morgan fingerprint density at radius 2 is 1.92 bits per heavy atom. The number of allylic oxidation sites excluding steroid dienone is 1. The number of nitrogens with zero attached hydrogens (tertiary/aromatic N) is 2. The number of nitrogens with one attached hydrogen (secondary N) is 1. The van der Waals surface area contributed by atoms with E-state index in [2.05, 4.69) is 16.1 Å². The molecule has 1 fully saturated rings. The maximum atomic E-state index is 12.3. The Kier molecular flexibility index (Phi) is 6.47. The van der Waals surface area contributed by atoms with Crippen molar-refractivity contribution in [3.05, 3.63) is 38.1 Å². The largest absolute Gasteiger partial charge is 0.494 e. The van der Waals surface area contributed by atoms with Gasteiger partial charge >= 0.3 is 5.69 Å². The molecule has 26 heavy (non-hydrogen) atoms. The van der Waals surface area contributed by atoms with Crippen molar-refractivity contribution in [2.45, 2.75) is 76.7 Å². The molecule has 0 unspecified atom stereocenters. The summed E-state index contributed by atoms with van der Waals surface area (Å²) in [6.45, 7) is 0.591. The maximum Gasteiger partial charge on any atom is 0.331 e. The summed E-state index contributed by atoms with van der Waals surface area (Å²) in [7, 11) is 0. The Hall–Kier alpha value is -2.11. The first-order chi connectivity index (χ1) is 12.7. The maximum absolute atomic E-state index is 12.3. The topological polar surface area (TPSA) is 87.5 Å². The highest BCUT2D eigenvalue weighted by molar-refractivity contribution is 5.81. The molecule has 0 aliphatic heterocycles. The molecule has 0 amide bonds. The van der Waals surface area contributed by atoms with Gasteiger partial charge in [-0.05, 0) is 44.9 Å². The Bertz CT molecular complexity index is 780. The van der Waals surface area contributed by atoms with Crippen LogP contribution in [0, 0.1) is 0 Å². The zero-order valence-electron chi connectivity index (χ0n) is 15.4. The van der Waals surface area contributed by atoms with Crippen LogP contribution in [0.1, 0.15) is 82.2 Å². The summed E-state index contributed by atoms with van der Waals surface area (Å²) >= 11 is 0. The van der Waals surface area contributed by atoms with Crippen molar-refractivity contribution in [2.75, 3.05) is 6.54 Å². The molecule has 2 aliphatic rings. The van der Waals surface area contributed by atoms with Gasteiger partial charge in [0.2, 0.25) is 5.88 Å². The fraction of sp³-hybridized carbons (Fsp3) is 0.650. The van der Waals surface area contributed by atoms with E-state index in [1.54, 1.807) is 0 Å². The molecule has 0 saturated heterocycles. The molecule has 6 nitrogen and oxygen atoms in total. The van der Waals surface area contributed by atoms with Gasteiger partial charge in [-0.2, -0.15) is 0 Å². The molecule has 0 bridgehead atoms. The van der Waals surface area contributed by atoms with Gasteiger partial charge < -0.3 is 5.11 Å². The van der Waals surface area contributed by atoms with Gasteiger partial charge in [-0.3, -0.25) is 19.3 Å². The first-order valence-corrected chi connectivity index (χ1v) is 9.92. The summed E-state index contributed by atoms with van der Waals surface area (Å²) in [5.74, 6) is -0.244. The molecule has 142 valence electrons. The second-order valence-corrected chi connectivity index (χ2v) is 7.41. The van der Waals surface area contributed by atoms with Crippen LogP contribution in [0.3, 0.4) is 0 Å². The number of H-pyrrole nitrogens is 1. The van der Waals surface area contributed by atoms with Gasteiger partial charge in [-0.1, -0.05) is 37.3 Å². The molecule has 3 rings (SSSR count). The van der Waals surface area contributed by atoms with Crippen molar-refractivity contribution in [1.29, 1.82) is 0 Å². The standard InChI is InChI=1S/C20H29N3O3/c24-18-17(14-21-13-12-15-8-4-3-5-9-15)19(25)23(20(26)22-18)16-10-6-1-2-7-11-16/h8,14,16,25H,1-7,9-13H2,(H,22,24,26). The zero-order chi connectivity index (χ0) is 18.4. The summed E-state index contributed by atoms with van der Waals surface area (Å²) in [6.07, 6.45) is 15.5. The zero-order valence-corrected chi connectivity index (χ0v) is 15.4. The lowest BCUT2D eigenvalue weighted by atomic mass is 9.97. The fourth-order valence-corrected chi connectivity index (χ4v) is 4.02. The van der Waals surface area contributed by atoms with E-state index >= 15 is 0 Å². The molecule has 2 N–H and O–H groups in total. The van der Waals surface area contributed by atoms with Gasteiger partial charge in [0.15, 0.2) is 0 Å². The molecule has 6 heteroatoms. The smallest absolute Gasteiger partial charge is 0.331 e. The van der Waals surface area contributed by atoms with E-state index in [-0.39, 0.29) is 17.5 Å². The van der Waals surface area contributed by atoms with Crippen LogP contribution in [-0.2, 0) is 0 Å². The van der Waals surface area contributed by atoms with E-state index in [1.165, 1.54) is 29.2 Å². The highest BCUT2D eigenvalue weighted by Crippen LogP contribution is 2.29. The third-order valence-electron chi connectivity index (χ3n) is 5.51. The molecular weight excluding hydrogens is 330 g/mol. The van der Waals surface area contributed by atoms with Crippen molar-refractivity contribution in [2.24, 2.45) is 4.99 Å². The van der Waals surface area contributed by atoms with Crippen molar-refractivity contribution in [3.8, 4) is 5.88 Å². The highest BCUT2D eigenvalue weighted by Gasteiger charge is 2.21. The molecule has 0 radical (unpaired) electrons.